The number of halogens is 2. The zero-order chi connectivity index (χ0) is 8.06. The van der Waals surface area contributed by atoms with Gasteiger partial charge in [-0.1, -0.05) is 0 Å². The molecule has 0 saturated carbocycles. The summed E-state index contributed by atoms with van der Waals surface area (Å²) in [6, 6.07) is 0. The minimum absolute atomic E-state index is 0.168. The smallest absolute Gasteiger partial charge is 0.115 e. The van der Waals surface area contributed by atoms with Crippen molar-refractivity contribution in [2.75, 3.05) is 13.1 Å². The Morgan fingerprint density at radius 2 is 1.64 bits per heavy atom. The van der Waals surface area contributed by atoms with Crippen LogP contribution in [0.1, 0.15) is 19.8 Å². The second-order valence-corrected chi connectivity index (χ2v) is 4.00. The summed E-state index contributed by atoms with van der Waals surface area (Å²) in [6.45, 7) is 2.85. The van der Waals surface area contributed by atoms with Crippen LogP contribution in [-0.2, 0) is 0 Å². The third-order valence-corrected chi connectivity index (χ3v) is 2.92. The normalized spacial score (nSPS) is 51.5. The molecule has 0 bridgehead atoms. The van der Waals surface area contributed by atoms with E-state index < -0.39 is 12.3 Å². The molecule has 11 heavy (non-hydrogen) atoms. The fraction of sp³-hybridized carbons (Fsp3) is 1.00. The van der Waals surface area contributed by atoms with E-state index in [0.717, 1.165) is 0 Å². The molecule has 2 aliphatic rings. The van der Waals surface area contributed by atoms with Gasteiger partial charge in [0.05, 0.1) is 0 Å². The molecule has 0 aromatic rings. The van der Waals surface area contributed by atoms with Gasteiger partial charge in [0.25, 0.3) is 0 Å². The second kappa shape index (κ2) is 2.16. The highest BCUT2D eigenvalue weighted by Crippen LogP contribution is 2.40. The van der Waals surface area contributed by atoms with E-state index in [2.05, 4.69) is 0 Å². The summed E-state index contributed by atoms with van der Waals surface area (Å²) in [6.07, 6.45) is -0.416. The summed E-state index contributed by atoms with van der Waals surface area (Å²) in [5.41, 5.74) is -0.168. The number of fused-ring (bicyclic) bond motifs is 1. The molecule has 0 spiro atoms. The molecule has 0 aromatic carbocycles. The lowest BCUT2D eigenvalue weighted by molar-refractivity contribution is 0.215. The molecule has 2 heterocycles. The van der Waals surface area contributed by atoms with Crippen molar-refractivity contribution in [3.8, 4) is 0 Å². The topological polar surface area (TPSA) is 3.24 Å². The fourth-order valence-corrected chi connectivity index (χ4v) is 2.42. The van der Waals surface area contributed by atoms with E-state index in [-0.39, 0.29) is 5.54 Å². The Balaban J connectivity index is 2.13. The van der Waals surface area contributed by atoms with Gasteiger partial charge in [-0.25, -0.2) is 8.78 Å². The molecule has 0 aliphatic carbocycles. The Bertz CT molecular complexity index is 157. The summed E-state index contributed by atoms with van der Waals surface area (Å²) < 4.78 is 25.7. The molecular weight excluding hydrogens is 148 g/mol. The molecule has 2 atom stereocenters. The first kappa shape index (κ1) is 7.47. The maximum Gasteiger partial charge on any atom is 0.115 e. The van der Waals surface area contributed by atoms with Crippen molar-refractivity contribution in [3.05, 3.63) is 0 Å². The summed E-state index contributed by atoms with van der Waals surface area (Å²) in [7, 11) is 0. The molecule has 0 N–H and O–H groups in total. The largest absolute Gasteiger partial charge is 0.292 e. The quantitative estimate of drug-likeness (QED) is 0.520. The number of hydrogen-bond donors (Lipinski definition) is 0. The molecule has 64 valence electrons. The van der Waals surface area contributed by atoms with Crippen LogP contribution in [0, 0.1) is 0 Å². The van der Waals surface area contributed by atoms with Crippen molar-refractivity contribution in [1.82, 2.24) is 4.90 Å². The number of rotatable bonds is 0. The van der Waals surface area contributed by atoms with Crippen molar-refractivity contribution < 1.29 is 8.78 Å². The van der Waals surface area contributed by atoms with Crippen LogP contribution in [0.3, 0.4) is 0 Å². The fourth-order valence-electron chi connectivity index (χ4n) is 2.42. The lowest BCUT2D eigenvalue weighted by atomic mass is 9.96. The maximum atomic E-state index is 12.9. The molecule has 2 saturated heterocycles. The van der Waals surface area contributed by atoms with Gasteiger partial charge in [-0.3, -0.25) is 4.90 Å². The van der Waals surface area contributed by atoms with Crippen LogP contribution >= 0.6 is 0 Å². The van der Waals surface area contributed by atoms with E-state index in [1.54, 1.807) is 0 Å². The number of alkyl halides is 2. The average Bonchev–Trinajstić information content (AvgIpc) is 2.16. The van der Waals surface area contributed by atoms with E-state index in [9.17, 15) is 8.78 Å². The van der Waals surface area contributed by atoms with Crippen LogP contribution in [0.2, 0.25) is 0 Å². The summed E-state index contributed by atoms with van der Waals surface area (Å²) in [4.78, 5) is 1.95. The molecule has 3 heteroatoms. The number of hydrogen-bond acceptors (Lipinski definition) is 1. The first-order chi connectivity index (χ1) is 5.10. The van der Waals surface area contributed by atoms with Gasteiger partial charge in [0.1, 0.15) is 12.3 Å². The zero-order valence-electron chi connectivity index (χ0n) is 6.69. The van der Waals surface area contributed by atoms with Crippen molar-refractivity contribution in [3.63, 3.8) is 0 Å². The Hall–Kier alpha value is -0.180. The Morgan fingerprint density at radius 1 is 1.18 bits per heavy atom. The van der Waals surface area contributed by atoms with Crippen LogP contribution in [0.5, 0.6) is 0 Å². The third-order valence-electron chi connectivity index (χ3n) is 2.92. The molecule has 2 aliphatic heterocycles. The predicted molar refractivity (Wildman–Crippen MR) is 39.0 cm³/mol. The van der Waals surface area contributed by atoms with Crippen LogP contribution in [0.4, 0.5) is 8.78 Å². The molecule has 1 nitrogen and oxygen atoms in total. The van der Waals surface area contributed by atoms with Gasteiger partial charge < -0.3 is 0 Å². The van der Waals surface area contributed by atoms with Crippen molar-refractivity contribution in [2.45, 2.75) is 37.6 Å². The van der Waals surface area contributed by atoms with E-state index in [4.69, 9.17) is 0 Å². The number of nitrogens with zero attached hydrogens (tertiary/aromatic N) is 1. The van der Waals surface area contributed by atoms with Crippen molar-refractivity contribution >= 4 is 0 Å². The molecule has 0 radical (unpaired) electrons. The van der Waals surface area contributed by atoms with Crippen LogP contribution in [0.25, 0.3) is 0 Å². The zero-order valence-corrected chi connectivity index (χ0v) is 6.69. The van der Waals surface area contributed by atoms with Crippen molar-refractivity contribution in [1.29, 1.82) is 0 Å². The summed E-state index contributed by atoms with van der Waals surface area (Å²) in [5, 5.41) is 0. The standard InChI is InChI=1S/C8H13F2N/c1-8-2-6(9)4-11(8)5-7(10)3-8/h6-7H,2-5H2,1H3. The van der Waals surface area contributed by atoms with Gasteiger partial charge in [-0.15, -0.1) is 0 Å². The molecule has 0 aromatic heterocycles. The molecule has 2 unspecified atom stereocenters. The van der Waals surface area contributed by atoms with Crippen LogP contribution in [-0.4, -0.2) is 35.9 Å². The van der Waals surface area contributed by atoms with Gasteiger partial charge >= 0.3 is 0 Å². The van der Waals surface area contributed by atoms with Gasteiger partial charge in [-0.05, 0) is 19.8 Å². The summed E-state index contributed by atoms with van der Waals surface area (Å²) >= 11 is 0. The first-order valence-corrected chi connectivity index (χ1v) is 4.13. The van der Waals surface area contributed by atoms with E-state index in [1.807, 2.05) is 11.8 Å². The van der Waals surface area contributed by atoms with Crippen LogP contribution < -0.4 is 0 Å². The third kappa shape index (κ3) is 1.06. The lowest BCUT2D eigenvalue weighted by Crippen LogP contribution is -2.34. The monoisotopic (exact) mass is 161 g/mol. The minimum Gasteiger partial charge on any atom is -0.292 e. The molecule has 0 amide bonds. The van der Waals surface area contributed by atoms with E-state index in [1.165, 1.54) is 0 Å². The second-order valence-electron chi connectivity index (χ2n) is 4.00. The summed E-state index contributed by atoms with van der Waals surface area (Å²) in [5.74, 6) is 0. The van der Waals surface area contributed by atoms with E-state index in [0.29, 0.717) is 25.9 Å². The highest BCUT2D eigenvalue weighted by atomic mass is 19.1. The Kier molecular flexibility index (Phi) is 1.46. The molecule has 2 rings (SSSR count). The highest BCUT2D eigenvalue weighted by molar-refractivity contribution is 5.03. The van der Waals surface area contributed by atoms with Gasteiger partial charge in [-0.2, -0.15) is 0 Å². The molecular formula is C8H13F2N. The maximum absolute atomic E-state index is 12.9. The minimum atomic E-state index is -0.729. The lowest BCUT2D eigenvalue weighted by Gasteiger charge is -2.25. The Labute approximate surface area is 65.4 Å². The van der Waals surface area contributed by atoms with E-state index >= 15 is 0 Å². The first-order valence-electron chi connectivity index (χ1n) is 4.13. The average molecular weight is 161 g/mol. The Morgan fingerprint density at radius 3 is 2.00 bits per heavy atom. The van der Waals surface area contributed by atoms with Gasteiger partial charge in [0, 0.05) is 18.6 Å². The van der Waals surface area contributed by atoms with Gasteiger partial charge in [0.2, 0.25) is 0 Å². The SMILES string of the molecule is CC12CC(F)CN1CC(F)C2. The van der Waals surface area contributed by atoms with Gasteiger partial charge in [0.15, 0.2) is 0 Å². The predicted octanol–water partition coefficient (Wildman–Crippen LogP) is 1.53. The highest BCUT2D eigenvalue weighted by Gasteiger charge is 2.48. The molecule has 2 fully saturated rings. The van der Waals surface area contributed by atoms with Crippen molar-refractivity contribution in [2.24, 2.45) is 0 Å². The van der Waals surface area contributed by atoms with Crippen LogP contribution in [0.15, 0.2) is 0 Å².